The van der Waals surface area contributed by atoms with E-state index in [0.717, 1.165) is 24.1 Å². The standard InChI is InChI=1S/C22H25ClN5O/c1-14(2)10-16-6-9-18(19(23)11-16)20-13-26-21(24)22(27-20)28(29)17-7-4-15(5-8-17)12-25-3/h4-9,11,13-14,25H,10,12H2,1-3H3,(H2,24,26)/q+1. The number of halogens is 1. The Balaban J connectivity index is 1.93. The number of hydrogen-bond acceptors (Lipinski definition) is 5. The van der Waals surface area contributed by atoms with Gasteiger partial charge in [0.2, 0.25) is 11.5 Å². The normalized spacial score (nSPS) is 11.1. The lowest BCUT2D eigenvalue weighted by molar-refractivity contribution is 0.647. The summed E-state index contributed by atoms with van der Waals surface area (Å²) in [6, 6.07) is 13.1. The monoisotopic (exact) mass is 410 g/mol. The Morgan fingerprint density at radius 3 is 2.45 bits per heavy atom. The fourth-order valence-corrected chi connectivity index (χ4v) is 3.41. The number of anilines is 1. The molecular formula is C22H25ClN5O+. The maximum Gasteiger partial charge on any atom is 0.410 e. The van der Waals surface area contributed by atoms with E-state index in [1.807, 2.05) is 37.4 Å². The third kappa shape index (κ3) is 4.96. The van der Waals surface area contributed by atoms with Crippen molar-refractivity contribution >= 4 is 28.9 Å². The van der Waals surface area contributed by atoms with Crippen LogP contribution in [0.25, 0.3) is 11.3 Å². The Labute approximate surface area is 175 Å². The molecule has 0 aliphatic rings. The van der Waals surface area contributed by atoms with Crippen LogP contribution < -0.4 is 15.8 Å². The Morgan fingerprint density at radius 2 is 1.83 bits per heavy atom. The third-order valence-electron chi connectivity index (χ3n) is 4.48. The van der Waals surface area contributed by atoms with Gasteiger partial charge in [-0.3, -0.25) is 0 Å². The van der Waals surface area contributed by atoms with E-state index in [-0.39, 0.29) is 11.6 Å². The first-order valence-corrected chi connectivity index (χ1v) is 9.89. The molecule has 150 valence electrons. The molecule has 0 bridgehead atoms. The topological polar surface area (TPSA) is 83.9 Å². The Bertz CT molecular complexity index is 1020. The van der Waals surface area contributed by atoms with Crippen molar-refractivity contribution in [2.24, 2.45) is 5.92 Å². The van der Waals surface area contributed by atoms with Crippen LogP contribution in [0.4, 0.5) is 17.3 Å². The lowest BCUT2D eigenvalue weighted by atomic mass is 10.0. The summed E-state index contributed by atoms with van der Waals surface area (Å²) in [5.41, 5.74) is 9.82. The van der Waals surface area contributed by atoms with Gasteiger partial charge in [0.1, 0.15) is 0 Å². The van der Waals surface area contributed by atoms with Crippen LogP contribution in [0, 0.1) is 10.8 Å². The van der Waals surface area contributed by atoms with Crippen molar-refractivity contribution in [2.45, 2.75) is 26.8 Å². The Morgan fingerprint density at radius 1 is 1.14 bits per heavy atom. The lowest BCUT2D eigenvalue weighted by Crippen LogP contribution is -2.08. The van der Waals surface area contributed by atoms with Gasteiger partial charge in [0, 0.05) is 16.9 Å². The van der Waals surface area contributed by atoms with Crippen LogP contribution in [0.15, 0.2) is 48.7 Å². The summed E-state index contributed by atoms with van der Waals surface area (Å²) in [6.07, 6.45) is 2.47. The summed E-state index contributed by atoms with van der Waals surface area (Å²) in [7, 11) is 1.87. The first kappa shape index (κ1) is 20.9. The second kappa shape index (κ2) is 9.11. The van der Waals surface area contributed by atoms with Gasteiger partial charge in [0.25, 0.3) is 0 Å². The van der Waals surface area contributed by atoms with Crippen LogP contribution in [0.3, 0.4) is 0 Å². The van der Waals surface area contributed by atoms with Gasteiger partial charge in [0.15, 0.2) is 5.69 Å². The van der Waals surface area contributed by atoms with Crippen molar-refractivity contribution in [1.82, 2.24) is 20.0 Å². The number of hydrogen-bond donors (Lipinski definition) is 2. The highest BCUT2D eigenvalue weighted by atomic mass is 35.5. The molecule has 6 nitrogen and oxygen atoms in total. The molecule has 0 fully saturated rings. The molecule has 0 radical (unpaired) electrons. The second-order valence-corrected chi connectivity index (χ2v) is 7.77. The number of nitrogens with one attached hydrogen (secondary N) is 1. The Hall–Kier alpha value is -2.83. The van der Waals surface area contributed by atoms with Crippen molar-refractivity contribution < 1.29 is 0 Å². The van der Waals surface area contributed by atoms with E-state index in [2.05, 4.69) is 29.1 Å². The minimum absolute atomic E-state index is 0.0474. The van der Waals surface area contributed by atoms with Crippen LogP contribution in [0.1, 0.15) is 25.0 Å². The zero-order valence-electron chi connectivity index (χ0n) is 16.8. The van der Waals surface area contributed by atoms with Crippen molar-refractivity contribution in [1.29, 1.82) is 0 Å². The summed E-state index contributed by atoms with van der Waals surface area (Å²) < 4.78 is 0.691. The highest BCUT2D eigenvalue weighted by molar-refractivity contribution is 6.33. The molecule has 3 rings (SSSR count). The predicted octanol–water partition coefficient (Wildman–Crippen LogP) is 4.90. The van der Waals surface area contributed by atoms with Crippen molar-refractivity contribution in [2.75, 3.05) is 12.8 Å². The van der Waals surface area contributed by atoms with Gasteiger partial charge in [-0.1, -0.05) is 48.6 Å². The van der Waals surface area contributed by atoms with Crippen molar-refractivity contribution in [3.8, 4) is 11.3 Å². The largest absolute Gasteiger partial charge is 0.410 e. The van der Waals surface area contributed by atoms with Crippen LogP contribution in [0.2, 0.25) is 5.02 Å². The highest BCUT2D eigenvalue weighted by Gasteiger charge is 2.25. The smallest absolute Gasteiger partial charge is 0.377 e. The molecule has 0 atom stereocenters. The molecular weight excluding hydrogens is 386 g/mol. The summed E-state index contributed by atoms with van der Waals surface area (Å²) in [4.78, 5) is 21.5. The van der Waals surface area contributed by atoms with Gasteiger partial charge in [-0.15, -0.1) is 0 Å². The van der Waals surface area contributed by atoms with Crippen LogP contribution in [0.5, 0.6) is 0 Å². The zero-order chi connectivity index (χ0) is 21.0. The van der Waals surface area contributed by atoms with Gasteiger partial charge < -0.3 is 11.1 Å². The molecule has 3 N–H and O–H groups in total. The maximum atomic E-state index is 12.9. The maximum absolute atomic E-state index is 12.9. The van der Waals surface area contributed by atoms with Crippen molar-refractivity contribution in [3.05, 3.63) is 69.7 Å². The average molecular weight is 411 g/mol. The van der Waals surface area contributed by atoms with E-state index in [4.69, 9.17) is 17.3 Å². The first-order chi connectivity index (χ1) is 13.9. The number of nitrogens with two attached hydrogens (primary N) is 1. The molecule has 0 amide bonds. The molecule has 3 aromatic rings. The number of nitrogen functional groups attached to an aromatic ring is 1. The fourth-order valence-electron chi connectivity index (χ4n) is 3.11. The summed E-state index contributed by atoms with van der Waals surface area (Å²) in [6.45, 7) is 5.04. The van der Waals surface area contributed by atoms with Crippen molar-refractivity contribution in [3.63, 3.8) is 0 Å². The molecule has 2 aromatic carbocycles. The SMILES string of the molecule is CNCc1ccc([N+](=O)c2nc(-c3ccc(CC(C)C)cc3Cl)cnc2N)cc1. The summed E-state index contributed by atoms with van der Waals surface area (Å²) in [5.74, 6) is 0.648. The van der Waals surface area contributed by atoms with Gasteiger partial charge in [-0.2, -0.15) is 0 Å². The molecule has 1 aromatic heterocycles. The fraction of sp³-hybridized carbons (Fsp3) is 0.273. The second-order valence-electron chi connectivity index (χ2n) is 7.37. The molecule has 29 heavy (non-hydrogen) atoms. The number of nitrogens with zero attached hydrogens (tertiary/aromatic N) is 3. The molecule has 0 unspecified atom stereocenters. The first-order valence-electron chi connectivity index (χ1n) is 9.51. The van der Waals surface area contributed by atoms with Crippen LogP contribution >= 0.6 is 11.6 Å². The average Bonchev–Trinajstić information content (AvgIpc) is 2.69. The number of rotatable bonds is 7. The van der Waals surface area contributed by atoms with E-state index in [9.17, 15) is 4.91 Å². The van der Waals surface area contributed by atoms with Gasteiger partial charge >= 0.3 is 5.82 Å². The predicted molar refractivity (Wildman–Crippen MR) is 119 cm³/mol. The third-order valence-corrected chi connectivity index (χ3v) is 4.79. The van der Waals surface area contributed by atoms with Gasteiger partial charge in [0.05, 0.1) is 11.2 Å². The van der Waals surface area contributed by atoms with Crippen LogP contribution in [-0.2, 0) is 13.0 Å². The van der Waals surface area contributed by atoms with Gasteiger partial charge in [-0.05, 0) is 59.8 Å². The van der Waals surface area contributed by atoms with E-state index in [1.165, 1.54) is 6.20 Å². The highest BCUT2D eigenvalue weighted by Crippen LogP contribution is 2.31. The van der Waals surface area contributed by atoms with Crippen LogP contribution in [-0.4, -0.2) is 17.0 Å². The van der Waals surface area contributed by atoms with Gasteiger partial charge in [-0.25, -0.2) is 4.98 Å². The minimum atomic E-state index is 0.0474. The van der Waals surface area contributed by atoms with E-state index < -0.39 is 0 Å². The molecule has 0 aliphatic heterocycles. The molecule has 0 spiro atoms. The van der Waals surface area contributed by atoms with E-state index in [1.54, 1.807) is 12.1 Å². The van der Waals surface area contributed by atoms with E-state index in [0.29, 0.717) is 32.6 Å². The quantitative estimate of drug-likeness (QED) is 0.541. The van der Waals surface area contributed by atoms with E-state index >= 15 is 0 Å². The molecule has 1 heterocycles. The molecule has 7 heteroatoms. The summed E-state index contributed by atoms with van der Waals surface area (Å²) >= 11 is 6.49. The summed E-state index contributed by atoms with van der Waals surface area (Å²) in [5, 5.41) is 3.64. The minimum Gasteiger partial charge on any atom is -0.377 e. The lowest BCUT2D eigenvalue weighted by Gasteiger charge is -2.07. The zero-order valence-corrected chi connectivity index (χ0v) is 17.6. The Kier molecular flexibility index (Phi) is 6.56. The molecule has 0 saturated carbocycles. The molecule has 0 saturated heterocycles. The number of aromatic nitrogens is 2. The number of nitroso groups, excluding NO2 is 1. The molecule has 0 aliphatic carbocycles. The number of benzene rings is 2.